The number of nitrogens with one attached hydrogen (secondary N) is 2. The Morgan fingerprint density at radius 2 is 1.85 bits per heavy atom. The highest BCUT2D eigenvalue weighted by Gasteiger charge is 2.08. The number of methoxy groups -OCH3 is 2. The van der Waals surface area contributed by atoms with E-state index in [4.69, 9.17) is 9.47 Å². The van der Waals surface area contributed by atoms with Crippen LogP contribution in [0, 0.1) is 6.92 Å². The maximum atomic E-state index is 12.0. The fourth-order valence-electron chi connectivity index (χ4n) is 2.18. The van der Waals surface area contributed by atoms with Gasteiger partial charge in [0.2, 0.25) is 0 Å². The minimum absolute atomic E-state index is 0.0807. The molecule has 2 aromatic carbocycles. The summed E-state index contributed by atoms with van der Waals surface area (Å²) in [5, 5.41) is 7.04. The van der Waals surface area contributed by atoms with Crippen molar-refractivity contribution >= 4 is 49.7 Å². The number of amides is 1. The van der Waals surface area contributed by atoms with Crippen molar-refractivity contribution in [3.05, 3.63) is 50.4 Å². The van der Waals surface area contributed by atoms with Gasteiger partial charge in [0, 0.05) is 20.6 Å². The summed E-state index contributed by atoms with van der Waals surface area (Å²) >= 11 is 6.96. The molecule has 2 rings (SSSR count). The van der Waals surface area contributed by atoms with E-state index in [0.29, 0.717) is 11.5 Å². The smallest absolute Gasteiger partial charge is 0.259 e. The number of carbonyl (C=O) groups excluding carboxylic acids is 1. The van der Waals surface area contributed by atoms with Crippen LogP contribution in [-0.2, 0) is 4.79 Å². The van der Waals surface area contributed by atoms with Gasteiger partial charge in [0.05, 0.1) is 32.7 Å². The van der Waals surface area contributed by atoms with Gasteiger partial charge in [-0.3, -0.25) is 4.79 Å². The monoisotopic (exact) mass is 483 g/mol. The second-order valence-corrected chi connectivity index (χ2v) is 7.07. The fraction of sp³-hybridized carbons (Fsp3) is 0.222. The maximum absolute atomic E-state index is 12.0. The number of rotatable bonds is 7. The van der Waals surface area contributed by atoms with E-state index in [2.05, 4.69) is 47.7 Å². The highest BCUT2D eigenvalue weighted by Crippen LogP contribution is 2.32. The quantitative estimate of drug-likeness (QED) is 0.458. The van der Waals surface area contributed by atoms with Gasteiger partial charge in [-0.1, -0.05) is 0 Å². The number of halogens is 2. The lowest BCUT2D eigenvalue weighted by Crippen LogP contribution is -2.26. The van der Waals surface area contributed by atoms with Gasteiger partial charge in [-0.05, 0) is 68.6 Å². The zero-order valence-corrected chi connectivity index (χ0v) is 17.8. The van der Waals surface area contributed by atoms with E-state index in [0.717, 1.165) is 25.8 Å². The largest absolute Gasteiger partial charge is 0.497 e. The first kappa shape index (κ1) is 20.3. The van der Waals surface area contributed by atoms with Gasteiger partial charge in [-0.2, -0.15) is 5.10 Å². The Morgan fingerprint density at radius 3 is 2.46 bits per heavy atom. The molecule has 2 N–H and O–H groups in total. The summed E-state index contributed by atoms with van der Waals surface area (Å²) in [4.78, 5) is 12.0. The zero-order valence-electron chi connectivity index (χ0n) is 14.6. The molecule has 6 nitrogen and oxygen atoms in total. The summed E-state index contributed by atoms with van der Waals surface area (Å²) < 4.78 is 12.2. The van der Waals surface area contributed by atoms with Gasteiger partial charge in [-0.25, -0.2) is 5.43 Å². The van der Waals surface area contributed by atoms with Crippen molar-refractivity contribution in [3.63, 3.8) is 0 Å². The van der Waals surface area contributed by atoms with E-state index in [1.165, 1.54) is 6.21 Å². The van der Waals surface area contributed by atoms with Crippen LogP contribution in [0.3, 0.4) is 0 Å². The first-order valence-electron chi connectivity index (χ1n) is 7.68. The van der Waals surface area contributed by atoms with Crippen molar-refractivity contribution in [3.8, 4) is 11.5 Å². The van der Waals surface area contributed by atoms with Gasteiger partial charge in [-0.15, -0.1) is 0 Å². The molecule has 0 atom stereocenters. The third-order valence-corrected chi connectivity index (χ3v) is 4.70. The molecule has 138 valence electrons. The van der Waals surface area contributed by atoms with E-state index < -0.39 is 0 Å². The van der Waals surface area contributed by atoms with E-state index in [9.17, 15) is 4.79 Å². The molecule has 0 aliphatic carbocycles. The van der Waals surface area contributed by atoms with Crippen LogP contribution in [0.25, 0.3) is 0 Å². The van der Waals surface area contributed by atoms with Crippen LogP contribution < -0.4 is 20.2 Å². The molecule has 0 saturated heterocycles. The molecular weight excluding hydrogens is 466 g/mol. The lowest BCUT2D eigenvalue weighted by Gasteiger charge is -2.11. The lowest BCUT2D eigenvalue weighted by atomic mass is 10.2. The highest BCUT2D eigenvalue weighted by molar-refractivity contribution is 9.11. The van der Waals surface area contributed by atoms with E-state index in [-0.39, 0.29) is 12.5 Å². The molecule has 0 aromatic heterocycles. The first-order chi connectivity index (χ1) is 12.4. The molecule has 1 amide bonds. The van der Waals surface area contributed by atoms with E-state index in [1.54, 1.807) is 32.4 Å². The summed E-state index contributed by atoms with van der Waals surface area (Å²) in [6.45, 7) is 2.07. The maximum Gasteiger partial charge on any atom is 0.259 e. The van der Waals surface area contributed by atoms with E-state index in [1.807, 2.05) is 19.1 Å². The van der Waals surface area contributed by atoms with Gasteiger partial charge in [0.15, 0.2) is 0 Å². The molecule has 0 heterocycles. The van der Waals surface area contributed by atoms with Crippen LogP contribution in [-0.4, -0.2) is 32.9 Å². The second-order valence-electron chi connectivity index (χ2n) is 5.36. The second kappa shape index (κ2) is 9.59. The number of aryl methyl sites for hydroxylation is 1. The van der Waals surface area contributed by atoms with Crippen molar-refractivity contribution in [2.24, 2.45) is 5.10 Å². The summed E-state index contributed by atoms with van der Waals surface area (Å²) in [6, 6.07) is 9.28. The van der Waals surface area contributed by atoms with Crippen LogP contribution >= 0.6 is 31.9 Å². The van der Waals surface area contributed by atoms with Gasteiger partial charge in [0.1, 0.15) is 11.5 Å². The van der Waals surface area contributed by atoms with Crippen LogP contribution in [0.2, 0.25) is 0 Å². The molecule has 0 bridgehead atoms. The van der Waals surface area contributed by atoms with Crippen molar-refractivity contribution < 1.29 is 14.3 Å². The Bertz CT molecular complexity index is 802. The van der Waals surface area contributed by atoms with Crippen LogP contribution in [0.4, 0.5) is 5.69 Å². The summed E-state index contributed by atoms with van der Waals surface area (Å²) in [5.74, 6) is 1.02. The number of anilines is 1. The average Bonchev–Trinajstić information content (AvgIpc) is 2.61. The number of ether oxygens (including phenoxy) is 2. The van der Waals surface area contributed by atoms with Crippen LogP contribution in [0.1, 0.15) is 11.1 Å². The summed E-state index contributed by atoms with van der Waals surface area (Å²) in [6.07, 6.45) is 1.52. The van der Waals surface area contributed by atoms with Crippen molar-refractivity contribution in [2.75, 3.05) is 26.1 Å². The number of benzene rings is 2. The molecule has 0 unspecified atom stereocenters. The van der Waals surface area contributed by atoms with Gasteiger partial charge < -0.3 is 14.8 Å². The minimum atomic E-state index is -0.270. The molecular formula is C18H19Br2N3O3. The molecule has 8 heteroatoms. The number of carbonyl (C=O) groups is 1. The van der Waals surface area contributed by atoms with E-state index >= 15 is 0 Å². The highest BCUT2D eigenvalue weighted by atomic mass is 79.9. The standard InChI is InChI=1S/C18H19Br2N3O3/c1-11-6-14(19)18(15(20)7-11)21-10-17(24)23-22-9-12-4-5-13(25-2)8-16(12)26-3/h4-9,21H,10H2,1-3H3,(H,23,24). The predicted octanol–water partition coefficient (Wildman–Crippen LogP) is 4.10. The van der Waals surface area contributed by atoms with Gasteiger partial charge in [0.25, 0.3) is 5.91 Å². The molecule has 26 heavy (non-hydrogen) atoms. The first-order valence-corrected chi connectivity index (χ1v) is 9.26. The Hall–Kier alpha value is -2.06. The fourth-order valence-corrected chi connectivity index (χ4v) is 3.87. The molecule has 0 aliphatic rings. The SMILES string of the molecule is COc1ccc(C=NNC(=O)CNc2c(Br)cc(C)cc2Br)c(OC)c1. The molecule has 0 aliphatic heterocycles. The van der Waals surface area contributed by atoms with Crippen LogP contribution in [0.5, 0.6) is 11.5 Å². The normalized spacial score (nSPS) is 10.7. The van der Waals surface area contributed by atoms with Crippen molar-refractivity contribution in [1.29, 1.82) is 0 Å². The average molecular weight is 485 g/mol. The number of hydrogen-bond donors (Lipinski definition) is 2. The molecule has 0 saturated carbocycles. The molecule has 0 fully saturated rings. The Kier molecular flexibility index (Phi) is 7.47. The Morgan fingerprint density at radius 1 is 1.15 bits per heavy atom. The predicted molar refractivity (Wildman–Crippen MR) is 110 cm³/mol. The lowest BCUT2D eigenvalue weighted by molar-refractivity contribution is -0.119. The topological polar surface area (TPSA) is 72.0 Å². The number of hydrazone groups is 1. The number of hydrogen-bond acceptors (Lipinski definition) is 5. The van der Waals surface area contributed by atoms with Crippen molar-refractivity contribution in [1.82, 2.24) is 5.43 Å². The zero-order chi connectivity index (χ0) is 19.1. The Labute approximate surface area is 169 Å². The van der Waals surface area contributed by atoms with Gasteiger partial charge >= 0.3 is 0 Å². The minimum Gasteiger partial charge on any atom is -0.497 e. The third-order valence-electron chi connectivity index (χ3n) is 3.45. The van der Waals surface area contributed by atoms with Crippen molar-refractivity contribution in [2.45, 2.75) is 6.92 Å². The third kappa shape index (κ3) is 5.47. The summed E-state index contributed by atoms with van der Waals surface area (Å²) in [7, 11) is 3.15. The van der Waals surface area contributed by atoms with Crippen LogP contribution in [0.15, 0.2) is 44.4 Å². The molecule has 2 aromatic rings. The summed E-state index contributed by atoms with van der Waals surface area (Å²) in [5.41, 5.74) is 5.13. The molecule has 0 spiro atoms. The number of nitrogens with zero attached hydrogens (tertiary/aromatic N) is 1. The molecule has 0 radical (unpaired) electrons. The Balaban J connectivity index is 1.94.